The molecule has 5 nitrogen and oxygen atoms in total. The fourth-order valence-electron chi connectivity index (χ4n) is 2.45. The normalized spacial score (nSPS) is 10.4. The molecule has 27 heavy (non-hydrogen) atoms. The van der Waals surface area contributed by atoms with E-state index >= 15 is 0 Å². The topological polar surface area (TPSA) is 60.3 Å². The van der Waals surface area contributed by atoms with E-state index < -0.39 is 0 Å². The van der Waals surface area contributed by atoms with Crippen molar-refractivity contribution in [2.24, 2.45) is 7.05 Å². The van der Waals surface area contributed by atoms with Gasteiger partial charge < -0.3 is 14.6 Å². The maximum atomic E-state index is 13.6. The number of carbonyl (C=O) groups excluding carboxylic acids is 1. The lowest BCUT2D eigenvalue weighted by Gasteiger charge is -2.09. The number of nitrogens with zero attached hydrogens (tertiary/aromatic N) is 1. The van der Waals surface area contributed by atoms with E-state index in [-0.39, 0.29) is 23.9 Å². The summed E-state index contributed by atoms with van der Waals surface area (Å²) in [5.41, 5.74) is 1.45. The van der Waals surface area contributed by atoms with Crippen molar-refractivity contribution in [2.45, 2.75) is 13.2 Å². The SMILES string of the molecule is Cn1ccc(C(=O)NCc2ccc(OCc3ccccc3F)cc2)cc1=O. The molecule has 1 aromatic heterocycles. The highest BCUT2D eigenvalue weighted by Crippen LogP contribution is 2.15. The molecule has 0 aliphatic carbocycles. The van der Waals surface area contributed by atoms with Crippen LogP contribution in [0.25, 0.3) is 0 Å². The van der Waals surface area contributed by atoms with Gasteiger partial charge in [-0.25, -0.2) is 4.39 Å². The Morgan fingerprint density at radius 1 is 1.11 bits per heavy atom. The van der Waals surface area contributed by atoms with Crippen LogP contribution in [0, 0.1) is 5.82 Å². The summed E-state index contributed by atoms with van der Waals surface area (Å²) < 4.78 is 20.6. The summed E-state index contributed by atoms with van der Waals surface area (Å²) in [6, 6.07) is 16.5. The van der Waals surface area contributed by atoms with Gasteiger partial charge in [0, 0.05) is 37.0 Å². The summed E-state index contributed by atoms with van der Waals surface area (Å²) >= 11 is 0. The third-order valence-electron chi connectivity index (χ3n) is 4.10. The predicted molar refractivity (Wildman–Crippen MR) is 100 cm³/mol. The summed E-state index contributed by atoms with van der Waals surface area (Å²) in [5, 5.41) is 2.77. The highest BCUT2D eigenvalue weighted by Gasteiger charge is 2.07. The Balaban J connectivity index is 1.54. The van der Waals surface area contributed by atoms with Gasteiger partial charge in [0.25, 0.3) is 11.5 Å². The number of nitrogens with one attached hydrogen (secondary N) is 1. The molecule has 3 rings (SSSR count). The first kappa shape index (κ1) is 18.4. The first-order valence-corrected chi connectivity index (χ1v) is 8.43. The van der Waals surface area contributed by atoms with Gasteiger partial charge in [-0.1, -0.05) is 30.3 Å². The second-order valence-corrected chi connectivity index (χ2v) is 6.07. The summed E-state index contributed by atoms with van der Waals surface area (Å²) in [6.45, 7) is 0.466. The lowest BCUT2D eigenvalue weighted by atomic mass is 10.2. The Morgan fingerprint density at radius 3 is 2.56 bits per heavy atom. The minimum Gasteiger partial charge on any atom is -0.489 e. The van der Waals surface area contributed by atoms with Gasteiger partial charge >= 0.3 is 0 Å². The largest absolute Gasteiger partial charge is 0.489 e. The first-order chi connectivity index (χ1) is 13.0. The lowest BCUT2D eigenvalue weighted by molar-refractivity contribution is 0.0950. The Kier molecular flexibility index (Phi) is 5.66. The van der Waals surface area contributed by atoms with Crippen molar-refractivity contribution in [3.8, 4) is 5.75 Å². The minimum absolute atomic E-state index is 0.145. The van der Waals surface area contributed by atoms with Crippen LogP contribution in [0.5, 0.6) is 5.75 Å². The van der Waals surface area contributed by atoms with Crippen LogP contribution < -0.4 is 15.6 Å². The average molecular weight is 366 g/mol. The molecule has 0 aliphatic heterocycles. The molecule has 0 saturated heterocycles. The summed E-state index contributed by atoms with van der Waals surface area (Å²) in [6.07, 6.45) is 1.55. The Bertz CT molecular complexity index is 997. The number of hydrogen-bond donors (Lipinski definition) is 1. The first-order valence-electron chi connectivity index (χ1n) is 8.43. The van der Waals surface area contributed by atoms with Crippen molar-refractivity contribution in [2.75, 3.05) is 0 Å². The van der Waals surface area contributed by atoms with Crippen LogP contribution in [0.4, 0.5) is 4.39 Å². The maximum Gasteiger partial charge on any atom is 0.251 e. The van der Waals surface area contributed by atoms with Crippen molar-refractivity contribution >= 4 is 5.91 Å². The number of amides is 1. The van der Waals surface area contributed by atoms with E-state index in [0.29, 0.717) is 23.4 Å². The molecule has 2 aromatic carbocycles. The molecule has 0 unspecified atom stereocenters. The Hall–Kier alpha value is -3.41. The van der Waals surface area contributed by atoms with Crippen LogP contribution >= 0.6 is 0 Å². The van der Waals surface area contributed by atoms with Crippen molar-refractivity contribution in [3.63, 3.8) is 0 Å². The van der Waals surface area contributed by atoms with E-state index in [4.69, 9.17) is 4.74 Å². The molecule has 0 fully saturated rings. The Labute approximate surface area is 156 Å². The maximum absolute atomic E-state index is 13.6. The fourth-order valence-corrected chi connectivity index (χ4v) is 2.45. The van der Waals surface area contributed by atoms with Crippen LogP contribution in [0.3, 0.4) is 0 Å². The van der Waals surface area contributed by atoms with Gasteiger partial charge in [0.1, 0.15) is 18.2 Å². The van der Waals surface area contributed by atoms with E-state index in [1.165, 1.54) is 16.7 Å². The van der Waals surface area contributed by atoms with Crippen molar-refractivity contribution < 1.29 is 13.9 Å². The third-order valence-corrected chi connectivity index (χ3v) is 4.10. The zero-order valence-corrected chi connectivity index (χ0v) is 14.8. The van der Waals surface area contributed by atoms with Crippen LogP contribution in [-0.2, 0) is 20.2 Å². The number of carbonyl (C=O) groups is 1. The van der Waals surface area contributed by atoms with Crippen molar-refractivity contribution in [1.29, 1.82) is 0 Å². The van der Waals surface area contributed by atoms with Gasteiger partial charge in [-0.05, 0) is 29.8 Å². The molecule has 0 aliphatic rings. The standard InChI is InChI=1S/C21H19FN2O3/c1-24-11-10-16(12-20(24)25)21(26)23-13-15-6-8-18(9-7-15)27-14-17-4-2-3-5-19(17)22/h2-12H,13-14H2,1H3,(H,23,26). The van der Waals surface area contributed by atoms with Crippen molar-refractivity contribution in [1.82, 2.24) is 9.88 Å². The molecule has 1 amide bonds. The monoisotopic (exact) mass is 366 g/mol. The van der Waals surface area contributed by atoms with Gasteiger partial charge in [-0.15, -0.1) is 0 Å². The summed E-state index contributed by atoms with van der Waals surface area (Å²) in [4.78, 5) is 23.7. The molecule has 0 radical (unpaired) electrons. The van der Waals surface area contributed by atoms with Gasteiger partial charge in [-0.2, -0.15) is 0 Å². The summed E-state index contributed by atoms with van der Waals surface area (Å²) in [7, 11) is 1.62. The summed E-state index contributed by atoms with van der Waals surface area (Å²) in [5.74, 6) is 0.0000370. The van der Waals surface area contributed by atoms with Gasteiger partial charge in [0.05, 0.1) is 0 Å². The fraction of sp³-hybridized carbons (Fsp3) is 0.143. The molecule has 3 aromatic rings. The molecule has 1 heterocycles. The van der Waals surface area contributed by atoms with Gasteiger partial charge in [0.2, 0.25) is 0 Å². The number of halogens is 1. The molecule has 0 saturated carbocycles. The van der Waals surface area contributed by atoms with Crippen molar-refractivity contribution in [3.05, 3.63) is 99.7 Å². The van der Waals surface area contributed by atoms with Gasteiger partial charge in [-0.3, -0.25) is 9.59 Å². The molecule has 0 spiro atoms. The second-order valence-electron chi connectivity index (χ2n) is 6.07. The van der Waals surface area contributed by atoms with E-state index in [9.17, 15) is 14.0 Å². The molecule has 0 bridgehead atoms. The van der Waals surface area contributed by atoms with E-state index in [2.05, 4.69) is 5.32 Å². The minimum atomic E-state index is -0.312. The van der Waals surface area contributed by atoms with E-state index in [1.807, 2.05) is 12.1 Å². The molecular weight excluding hydrogens is 347 g/mol. The highest BCUT2D eigenvalue weighted by molar-refractivity contribution is 5.93. The number of aromatic nitrogens is 1. The number of rotatable bonds is 6. The van der Waals surface area contributed by atoms with Crippen LogP contribution in [0.1, 0.15) is 21.5 Å². The van der Waals surface area contributed by atoms with Crippen LogP contribution in [0.15, 0.2) is 71.7 Å². The number of benzene rings is 2. The number of hydrogen-bond acceptors (Lipinski definition) is 3. The zero-order valence-electron chi connectivity index (χ0n) is 14.8. The Morgan fingerprint density at radius 2 is 1.85 bits per heavy atom. The second kappa shape index (κ2) is 8.31. The van der Waals surface area contributed by atoms with E-state index in [1.54, 1.807) is 49.6 Å². The molecule has 6 heteroatoms. The third kappa shape index (κ3) is 4.82. The number of aryl methyl sites for hydroxylation is 1. The molecule has 138 valence electrons. The molecule has 1 N–H and O–H groups in total. The number of pyridine rings is 1. The predicted octanol–water partition coefficient (Wildman–Crippen LogP) is 3.03. The highest BCUT2D eigenvalue weighted by atomic mass is 19.1. The molecule has 0 atom stereocenters. The smallest absolute Gasteiger partial charge is 0.251 e. The zero-order chi connectivity index (χ0) is 19.2. The number of ether oxygens (including phenoxy) is 1. The molecular formula is C21H19FN2O3. The van der Waals surface area contributed by atoms with Crippen LogP contribution in [-0.4, -0.2) is 10.5 Å². The van der Waals surface area contributed by atoms with Gasteiger partial charge in [0.15, 0.2) is 0 Å². The quantitative estimate of drug-likeness (QED) is 0.729. The lowest BCUT2D eigenvalue weighted by Crippen LogP contribution is -2.25. The van der Waals surface area contributed by atoms with Crippen LogP contribution in [0.2, 0.25) is 0 Å². The van der Waals surface area contributed by atoms with E-state index in [0.717, 1.165) is 5.56 Å². The average Bonchev–Trinajstić information content (AvgIpc) is 2.68.